The van der Waals surface area contributed by atoms with Crippen molar-refractivity contribution in [2.75, 3.05) is 19.6 Å². The van der Waals surface area contributed by atoms with E-state index in [1.54, 1.807) is 18.6 Å². The largest absolute Gasteiger partial charge is 0.348 e. The first-order chi connectivity index (χ1) is 11.8. The lowest BCUT2D eigenvalue weighted by atomic mass is 10.3. The Hall–Kier alpha value is -2.45. The first kappa shape index (κ1) is 16.4. The van der Waals surface area contributed by atoms with Gasteiger partial charge in [-0.3, -0.25) is 9.80 Å². The predicted octanol–water partition coefficient (Wildman–Crippen LogP) is 1.38. The summed E-state index contributed by atoms with van der Waals surface area (Å²) in [6, 6.07) is 0. The number of aromatic nitrogens is 6. The Bertz CT molecular complexity index is 623. The van der Waals surface area contributed by atoms with Crippen LogP contribution in [0, 0.1) is 0 Å². The van der Waals surface area contributed by atoms with Crippen molar-refractivity contribution in [3.8, 4) is 0 Å². The molecule has 0 fully saturated rings. The summed E-state index contributed by atoms with van der Waals surface area (Å²) in [5.41, 5.74) is 0. The maximum absolute atomic E-state index is 4.34. The molecule has 0 unspecified atom stereocenters. The van der Waals surface area contributed by atoms with Crippen molar-refractivity contribution in [2.45, 2.75) is 26.6 Å². The van der Waals surface area contributed by atoms with Crippen LogP contribution in [-0.2, 0) is 19.6 Å². The molecule has 0 atom stereocenters. The van der Waals surface area contributed by atoms with Gasteiger partial charge in [-0.25, -0.2) is 15.0 Å². The minimum absolute atomic E-state index is 0.770. The summed E-state index contributed by atoms with van der Waals surface area (Å²) in [4.78, 5) is 27.2. The molecule has 0 aromatic carbocycles. The van der Waals surface area contributed by atoms with Gasteiger partial charge in [-0.05, 0) is 6.54 Å². The highest BCUT2D eigenvalue weighted by atomic mass is 15.2. The van der Waals surface area contributed by atoms with Crippen LogP contribution in [0.25, 0.3) is 0 Å². The van der Waals surface area contributed by atoms with Gasteiger partial charge in [0.15, 0.2) is 0 Å². The number of nitrogens with one attached hydrogen (secondary N) is 3. The second-order valence-corrected chi connectivity index (χ2v) is 5.69. The van der Waals surface area contributed by atoms with E-state index in [0.717, 1.165) is 56.7 Å². The molecule has 3 heterocycles. The van der Waals surface area contributed by atoms with Crippen LogP contribution in [0.5, 0.6) is 0 Å². The second kappa shape index (κ2) is 8.42. The standard InChI is InChI=1S/C16H24N8/c1-2-23(11-14-17-3-4-18-14)9-10-24(12-15-19-5-6-20-15)13-16-21-7-8-22-16/h3-8H,2,9-13H2,1H3,(H,17,18)(H,19,20)(H,21,22). The molecule has 0 radical (unpaired) electrons. The number of imidazole rings is 3. The van der Waals surface area contributed by atoms with Gasteiger partial charge >= 0.3 is 0 Å². The summed E-state index contributed by atoms with van der Waals surface area (Å²) in [6.45, 7) is 7.41. The molecule has 3 aromatic heterocycles. The van der Waals surface area contributed by atoms with Crippen molar-refractivity contribution in [3.63, 3.8) is 0 Å². The molecular weight excluding hydrogens is 304 g/mol. The Balaban J connectivity index is 1.57. The summed E-state index contributed by atoms with van der Waals surface area (Å²) in [5.74, 6) is 2.94. The molecule has 0 aliphatic heterocycles. The topological polar surface area (TPSA) is 92.5 Å². The van der Waals surface area contributed by atoms with E-state index in [0.29, 0.717) is 0 Å². The zero-order valence-corrected chi connectivity index (χ0v) is 13.9. The van der Waals surface area contributed by atoms with E-state index in [1.807, 2.05) is 18.6 Å². The Morgan fingerprint density at radius 2 is 1.12 bits per heavy atom. The van der Waals surface area contributed by atoms with Crippen LogP contribution in [-0.4, -0.2) is 59.3 Å². The molecule has 0 saturated carbocycles. The maximum atomic E-state index is 4.34. The molecular formula is C16H24N8. The zero-order valence-electron chi connectivity index (χ0n) is 13.9. The van der Waals surface area contributed by atoms with E-state index in [-0.39, 0.29) is 0 Å². The lowest BCUT2D eigenvalue weighted by molar-refractivity contribution is 0.185. The molecule has 0 spiro atoms. The van der Waals surface area contributed by atoms with Crippen LogP contribution < -0.4 is 0 Å². The van der Waals surface area contributed by atoms with Gasteiger partial charge < -0.3 is 15.0 Å². The minimum atomic E-state index is 0.770. The summed E-state index contributed by atoms with van der Waals surface area (Å²) in [6.07, 6.45) is 10.9. The van der Waals surface area contributed by atoms with Crippen LogP contribution in [0.15, 0.2) is 37.2 Å². The molecule has 24 heavy (non-hydrogen) atoms. The molecule has 128 valence electrons. The van der Waals surface area contributed by atoms with E-state index in [2.05, 4.69) is 46.6 Å². The summed E-state index contributed by atoms with van der Waals surface area (Å²) in [5, 5.41) is 0. The molecule has 0 aliphatic rings. The van der Waals surface area contributed by atoms with Gasteiger partial charge in [0.05, 0.1) is 19.6 Å². The van der Waals surface area contributed by atoms with Gasteiger partial charge in [-0.1, -0.05) is 6.92 Å². The van der Waals surface area contributed by atoms with Gasteiger partial charge in [0, 0.05) is 50.3 Å². The first-order valence-corrected chi connectivity index (χ1v) is 8.23. The lowest BCUT2D eigenvalue weighted by Gasteiger charge is -2.25. The van der Waals surface area contributed by atoms with Crippen LogP contribution in [0.3, 0.4) is 0 Å². The Kier molecular flexibility index (Phi) is 5.75. The molecule has 0 aliphatic carbocycles. The fourth-order valence-corrected chi connectivity index (χ4v) is 2.63. The molecule has 3 N–H and O–H groups in total. The molecule has 0 saturated heterocycles. The van der Waals surface area contributed by atoms with E-state index < -0.39 is 0 Å². The molecule has 8 heteroatoms. The molecule has 0 bridgehead atoms. The normalized spacial score (nSPS) is 11.6. The Labute approximate surface area is 141 Å². The zero-order chi connectivity index (χ0) is 16.6. The molecule has 8 nitrogen and oxygen atoms in total. The average Bonchev–Trinajstić information content (AvgIpc) is 3.34. The number of rotatable bonds is 10. The predicted molar refractivity (Wildman–Crippen MR) is 90.8 cm³/mol. The number of likely N-dealkylation sites (N-methyl/N-ethyl adjacent to an activating group) is 1. The Morgan fingerprint density at radius 1 is 0.708 bits per heavy atom. The van der Waals surface area contributed by atoms with Crippen LogP contribution in [0.4, 0.5) is 0 Å². The fourth-order valence-electron chi connectivity index (χ4n) is 2.63. The van der Waals surface area contributed by atoms with Gasteiger partial charge in [0.2, 0.25) is 0 Å². The van der Waals surface area contributed by atoms with Crippen LogP contribution in [0.2, 0.25) is 0 Å². The van der Waals surface area contributed by atoms with Gasteiger partial charge in [-0.15, -0.1) is 0 Å². The fraction of sp³-hybridized carbons (Fsp3) is 0.438. The van der Waals surface area contributed by atoms with Crippen LogP contribution in [0.1, 0.15) is 24.4 Å². The lowest BCUT2D eigenvalue weighted by Crippen LogP contribution is -2.35. The van der Waals surface area contributed by atoms with Crippen molar-refractivity contribution in [1.29, 1.82) is 0 Å². The van der Waals surface area contributed by atoms with Crippen molar-refractivity contribution < 1.29 is 0 Å². The maximum Gasteiger partial charge on any atom is 0.120 e. The first-order valence-electron chi connectivity index (χ1n) is 8.23. The highest BCUT2D eigenvalue weighted by Gasteiger charge is 2.13. The molecule has 3 aromatic rings. The summed E-state index contributed by atoms with van der Waals surface area (Å²) in [7, 11) is 0. The number of H-pyrrole nitrogens is 3. The number of hydrogen-bond acceptors (Lipinski definition) is 5. The van der Waals surface area contributed by atoms with Crippen LogP contribution >= 0.6 is 0 Å². The number of nitrogens with zero attached hydrogens (tertiary/aromatic N) is 5. The van der Waals surface area contributed by atoms with Crippen molar-refractivity contribution >= 4 is 0 Å². The smallest absolute Gasteiger partial charge is 0.120 e. The highest BCUT2D eigenvalue weighted by molar-refractivity contribution is 4.91. The monoisotopic (exact) mass is 328 g/mol. The van der Waals surface area contributed by atoms with Crippen molar-refractivity contribution in [2.24, 2.45) is 0 Å². The van der Waals surface area contributed by atoms with Crippen molar-refractivity contribution in [3.05, 3.63) is 54.7 Å². The van der Waals surface area contributed by atoms with Crippen molar-refractivity contribution in [1.82, 2.24) is 39.7 Å². The van der Waals surface area contributed by atoms with E-state index in [4.69, 9.17) is 0 Å². The molecule has 3 rings (SSSR count). The molecule has 0 amide bonds. The van der Waals surface area contributed by atoms with E-state index in [1.165, 1.54) is 0 Å². The minimum Gasteiger partial charge on any atom is -0.348 e. The van der Waals surface area contributed by atoms with E-state index >= 15 is 0 Å². The quantitative estimate of drug-likeness (QED) is 0.523. The summed E-state index contributed by atoms with van der Waals surface area (Å²) < 4.78 is 0. The van der Waals surface area contributed by atoms with E-state index in [9.17, 15) is 0 Å². The third kappa shape index (κ3) is 4.77. The third-order valence-electron chi connectivity index (χ3n) is 3.96. The van der Waals surface area contributed by atoms with Gasteiger partial charge in [0.1, 0.15) is 17.5 Å². The average molecular weight is 328 g/mol. The summed E-state index contributed by atoms with van der Waals surface area (Å²) >= 11 is 0. The number of aromatic amines is 3. The van der Waals surface area contributed by atoms with Gasteiger partial charge in [-0.2, -0.15) is 0 Å². The second-order valence-electron chi connectivity index (χ2n) is 5.69. The Morgan fingerprint density at radius 3 is 1.50 bits per heavy atom. The number of hydrogen-bond donors (Lipinski definition) is 3. The highest BCUT2D eigenvalue weighted by Crippen LogP contribution is 2.06. The SMILES string of the molecule is CCN(CCN(Cc1ncc[nH]1)Cc1ncc[nH]1)Cc1ncc[nH]1. The third-order valence-corrected chi connectivity index (χ3v) is 3.96. The van der Waals surface area contributed by atoms with Gasteiger partial charge in [0.25, 0.3) is 0 Å².